The molecule has 19 heavy (non-hydrogen) atoms. The largest absolute Gasteiger partial charge is 0.389 e. The number of amides is 1. The first kappa shape index (κ1) is 15.6. The summed E-state index contributed by atoms with van der Waals surface area (Å²) >= 11 is 4.87. The molecule has 0 saturated carbocycles. The molecule has 0 spiro atoms. The number of rotatable bonds is 8. The predicted octanol–water partition coefficient (Wildman–Crippen LogP) is 0.714. The van der Waals surface area contributed by atoms with Crippen LogP contribution >= 0.6 is 12.2 Å². The molecule has 0 saturated heterocycles. The van der Waals surface area contributed by atoms with Crippen molar-refractivity contribution in [2.75, 3.05) is 33.5 Å². The number of nitrogens with one attached hydrogen (secondary N) is 1. The highest BCUT2D eigenvalue weighted by molar-refractivity contribution is 7.80. The van der Waals surface area contributed by atoms with E-state index in [1.54, 1.807) is 31.4 Å². The van der Waals surface area contributed by atoms with Crippen LogP contribution in [0.1, 0.15) is 15.9 Å². The van der Waals surface area contributed by atoms with Crippen molar-refractivity contribution in [3.05, 3.63) is 35.4 Å². The van der Waals surface area contributed by atoms with Crippen LogP contribution in [0.3, 0.4) is 0 Å². The van der Waals surface area contributed by atoms with Crippen molar-refractivity contribution in [1.29, 1.82) is 0 Å². The molecular formula is C13H18N2O3S. The van der Waals surface area contributed by atoms with E-state index in [4.69, 9.17) is 27.4 Å². The molecule has 1 aromatic carbocycles. The molecule has 0 unspecified atom stereocenters. The van der Waals surface area contributed by atoms with Crippen LogP contribution in [-0.2, 0) is 9.47 Å². The third-order valence-electron chi connectivity index (χ3n) is 2.37. The highest BCUT2D eigenvalue weighted by Crippen LogP contribution is 2.05. The summed E-state index contributed by atoms with van der Waals surface area (Å²) in [4.78, 5) is 12.1. The van der Waals surface area contributed by atoms with Crippen LogP contribution in [0.5, 0.6) is 0 Å². The fraction of sp³-hybridized carbons (Fsp3) is 0.385. The molecule has 104 valence electrons. The van der Waals surface area contributed by atoms with E-state index in [-0.39, 0.29) is 10.9 Å². The third-order valence-corrected chi connectivity index (χ3v) is 2.61. The second-order valence-corrected chi connectivity index (χ2v) is 4.25. The van der Waals surface area contributed by atoms with Crippen molar-refractivity contribution in [2.45, 2.75) is 0 Å². The maximum Gasteiger partial charge on any atom is 0.251 e. The molecule has 3 N–H and O–H groups in total. The van der Waals surface area contributed by atoms with Gasteiger partial charge in [-0.2, -0.15) is 0 Å². The number of methoxy groups -OCH3 is 1. The van der Waals surface area contributed by atoms with E-state index in [2.05, 4.69) is 5.32 Å². The average molecular weight is 282 g/mol. The van der Waals surface area contributed by atoms with Crippen LogP contribution in [-0.4, -0.2) is 44.4 Å². The molecule has 0 heterocycles. The van der Waals surface area contributed by atoms with Gasteiger partial charge >= 0.3 is 0 Å². The lowest BCUT2D eigenvalue weighted by Gasteiger charge is -2.07. The van der Waals surface area contributed by atoms with Gasteiger partial charge in [-0.05, 0) is 12.1 Å². The molecule has 0 aromatic heterocycles. The summed E-state index contributed by atoms with van der Waals surface area (Å²) in [5, 5.41) is 2.75. The minimum atomic E-state index is -0.173. The maximum absolute atomic E-state index is 11.8. The minimum Gasteiger partial charge on any atom is -0.389 e. The van der Waals surface area contributed by atoms with Gasteiger partial charge in [0.2, 0.25) is 0 Å². The fourth-order valence-electron chi connectivity index (χ4n) is 1.40. The number of ether oxygens (including phenoxy) is 2. The van der Waals surface area contributed by atoms with E-state index in [0.717, 1.165) is 0 Å². The van der Waals surface area contributed by atoms with Gasteiger partial charge in [0.05, 0.1) is 19.8 Å². The van der Waals surface area contributed by atoms with Gasteiger partial charge in [-0.3, -0.25) is 4.79 Å². The van der Waals surface area contributed by atoms with Crippen molar-refractivity contribution < 1.29 is 14.3 Å². The zero-order valence-electron chi connectivity index (χ0n) is 10.8. The minimum absolute atomic E-state index is 0.173. The van der Waals surface area contributed by atoms with Crippen LogP contribution in [0.4, 0.5) is 0 Å². The van der Waals surface area contributed by atoms with Gasteiger partial charge in [0, 0.05) is 24.8 Å². The van der Waals surface area contributed by atoms with E-state index in [0.29, 0.717) is 37.5 Å². The van der Waals surface area contributed by atoms with Gasteiger partial charge in [0.1, 0.15) is 4.99 Å². The SMILES string of the molecule is COCCOCCNC(=O)c1cccc(C(N)=S)c1. The summed E-state index contributed by atoms with van der Waals surface area (Å²) in [5.41, 5.74) is 6.73. The molecule has 0 radical (unpaired) electrons. The Morgan fingerprint density at radius 1 is 1.32 bits per heavy atom. The summed E-state index contributed by atoms with van der Waals surface area (Å²) in [7, 11) is 1.61. The smallest absolute Gasteiger partial charge is 0.251 e. The number of thiocarbonyl (C=S) groups is 1. The molecule has 0 fully saturated rings. The summed E-state index contributed by atoms with van der Waals surface area (Å²) in [5.74, 6) is -0.173. The number of hydrogen-bond donors (Lipinski definition) is 2. The van der Waals surface area contributed by atoms with Crippen molar-refractivity contribution in [3.63, 3.8) is 0 Å². The zero-order valence-corrected chi connectivity index (χ0v) is 11.7. The summed E-state index contributed by atoms with van der Waals surface area (Å²) in [6.45, 7) is 1.96. The quantitative estimate of drug-likeness (QED) is 0.543. The number of carbonyl (C=O) groups is 1. The zero-order chi connectivity index (χ0) is 14.1. The van der Waals surface area contributed by atoms with Gasteiger partial charge in [0.25, 0.3) is 5.91 Å². The van der Waals surface area contributed by atoms with E-state index >= 15 is 0 Å². The molecule has 0 aliphatic carbocycles. The number of benzene rings is 1. The highest BCUT2D eigenvalue weighted by atomic mass is 32.1. The van der Waals surface area contributed by atoms with Gasteiger partial charge in [0.15, 0.2) is 0 Å². The summed E-state index contributed by atoms with van der Waals surface area (Å²) in [6.07, 6.45) is 0. The van der Waals surface area contributed by atoms with Crippen LogP contribution in [0, 0.1) is 0 Å². The lowest BCUT2D eigenvalue weighted by Crippen LogP contribution is -2.27. The molecule has 6 heteroatoms. The number of nitrogens with two attached hydrogens (primary N) is 1. The first-order valence-electron chi connectivity index (χ1n) is 5.90. The van der Waals surface area contributed by atoms with Gasteiger partial charge in [-0.15, -0.1) is 0 Å². The van der Waals surface area contributed by atoms with E-state index < -0.39 is 0 Å². The normalized spacial score (nSPS) is 10.2. The van der Waals surface area contributed by atoms with Crippen LogP contribution in [0.25, 0.3) is 0 Å². The summed E-state index contributed by atoms with van der Waals surface area (Å²) in [6, 6.07) is 6.90. The van der Waals surface area contributed by atoms with Gasteiger partial charge < -0.3 is 20.5 Å². The fourth-order valence-corrected chi connectivity index (χ4v) is 1.52. The molecule has 0 atom stereocenters. The molecule has 1 rings (SSSR count). The van der Waals surface area contributed by atoms with Crippen LogP contribution in [0.15, 0.2) is 24.3 Å². The van der Waals surface area contributed by atoms with Crippen molar-refractivity contribution >= 4 is 23.1 Å². The van der Waals surface area contributed by atoms with Gasteiger partial charge in [-0.25, -0.2) is 0 Å². The Kier molecular flexibility index (Phi) is 7.02. The van der Waals surface area contributed by atoms with Crippen LogP contribution in [0.2, 0.25) is 0 Å². The maximum atomic E-state index is 11.8. The Bertz CT molecular complexity index is 438. The lowest BCUT2D eigenvalue weighted by molar-refractivity contribution is 0.0692. The molecule has 1 aromatic rings. The first-order valence-corrected chi connectivity index (χ1v) is 6.30. The lowest BCUT2D eigenvalue weighted by atomic mass is 10.1. The molecule has 0 bridgehead atoms. The van der Waals surface area contributed by atoms with Crippen molar-refractivity contribution in [2.24, 2.45) is 5.73 Å². The molecule has 0 aliphatic rings. The molecule has 5 nitrogen and oxygen atoms in total. The van der Waals surface area contributed by atoms with E-state index in [1.807, 2.05) is 0 Å². The van der Waals surface area contributed by atoms with Crippen LogP contribution < -0.4 is 11.1 Å². The first-order chi connectivity index (χ1) is 9.15. The number of hydrogen-bond acceptors (Lipinski definition) is 4. The molecule has 0 aliphatic heterocycles. The predicted molar refractivity (Wildman–Crippen MR) is 77.4 cm³/mol. The Labute approximate surface area is 118 Å². The third kappa shape index (κ3) is 5.78. The Morgan fingerprint density at radius 2 is 2.05 bits per heavy atom. The van der Waals surface area contributed by atoms with Gasteiger partial charge in [-0.1, -0.05) is 24.4 Å². The van der Waals surface area contributed by atoms with E-state index in [9.17, 15) is 4.79 Å². The van der Waals surface area contributed by atoms with Crippen molar-refractivity contribution in [3.8, 4) is 0 Å². The standard InChI is InChI=1S/C13H18N2O3S/c1-17-7-8-18-6-5-15-13(16)11-4-2-3-10(9-11)12(14)19/h2-4,9H,5-8H2,1H3,(H2,14,19)(H,15,16). The van der Waals surface area contributed by atoms with E-state index in [1.165, 1.54) is 0 Å². The monoisotopic (exact) mass is 282 g/mol. The van der Waals surface area contributed by atoms with Crippen molar-refractivity contribution in [1.82, 2.24) is 5.32 Å². The molecule has 1 amide bonds. The second-order valence-electron chi connectivity index (χ2n) is 3.81. The Hall–Kier alpha value is -1.50. The second kappa shape index (κ2) is 8.58. The molecular weight excluding hydrogens is 264 g/mol. The topological polar surface area (TPSA) is 73.6 Å². The summed E-state index contributed by atoms with van der Waals surface area (Å²) < 4.78 is 10.1. The Morgan fingerprint density at radius 3 is 2.74 bits per heavy atom. The number of carbonyl (C=O) groups excluding carboxylic acids is 1. The Balaban J connectivity index is 2.37. The average Bonchev–Trinajstić information content (AvgIpc) is 2.42. The highest BCUT2D eigenvalue weighted by Gasteiger charge is 2.06.